The lowest BCUT2D eigenvalue weighted by atomic mass is 10.2. The Bertz CT molecular complexity index is 1030. The maximum absolute atomic E-state index is 12.2. The lowest BCUT2D eigenvalue weighted by Crippen LogP contribution is -2.14. The number of amides is 1. The first-order chi connectivity index (χ1) is 12.8. The third-order valence-corrected chi connectivity index (χ3v) is 4.76. The molecule has 0 aliphatic heterocycles. The van der Waals surface area contributed by atoms with Crippen LogP contribution < -0.4 is 5.32 Å². The minimum Gasteiger partial charge on any atom is -0.358 e. The molecule has 1 amide bonds. The predicted molar refractivity (Wildman–Crippen MR) is 101 cm³/mol. The van der Waals surface area contributed by atoms with Gasteiger partial charge in [0.2, 0.25) is 0 Å². The van der Waals surface area contributed by atoms with Gasteiger partial charge in [-0.25, -0.2) is 0 Å². The number of carbonyl (C=O) groups excluding carboxylic acids is 1. The van der Waals surface area contributed by atoms with Gasteiger partial charge in [0, 0.05) is 21.8 Å². The molecule has 3 rings (SSSR count). The van der Waals surface area contributed by atoms with Crippen LogP contribution in [0, 0.1) is 10.1 Å². The van der Waals surface area contributed by atoms with Crippen LogP contribution in [0.5, 0.6) is 0 Å². The van der Waals surface area contributed by atoms with Crippen LogP contribution in [0.2, 0.25) is 20.1 Å². The molecule has 0 saturated carbocycles. The molecule has 140 valence electrons. The molecule has 0 bridgehead atoms. The van der Waals surface area contributed by atoms with Gasteiger partial charge < -0.3 is 15.4 Å². The number of anilines is 1. The molecule has 0 aliphatic rings. The van der Waals surface area contributed by atoms with E-state index in [2.05, 4.69) is 20.6 Å². The highest BCUT2D eigenvalue weighted by Crippen LogP contribution is 2.28. The molecule has 0 spiro atoms. The normalized spacial score (nSPS) is 10.8. The van der Waals surface area contributed by atoms with Crippen LogP contribution in [-0.4, -0.2) is 30.8 Å². The monoisotopic (exact) mass is 448 g/mol. The van der Waals surface area contributed by atoms with E-state index in [0.29, 0.717) is 15.6 Å². The number of aromatic nitrogens is 4. The summed E-state index contributed by atoms with van der Waals surface area (Å²) in [6.07, 6.45) is 1.46. The van der Waals surface area contributed by atoms with Crippen molar-refractivity contribution < 1.29 is 9.72 Å². The zero-order valence-electron chi connectivity index (χ0n) is 13.0. The first kappa shape index (κ1) is 19.4. The summed E-state index contributed by atoms with van der Waals surface area (Å²) in [6.45, 7) is 0.211. The summed E-state index contributed by atoms with van der Waals surface area (Å²) in [6, 6.07) is 5.08. The van der Waals surface area contributed by atoms with Crippen LogP contribution >= 0.6 is 46.4 Å². The average molecular weight is 450 g/mol. The zero-order valence-corrected chi connectivity index (χ0v) is 16.1. The number of nitrogens with one attached hydrogen (secondary N) is 2. The second-order valence-electron chi connectivity index (χ2n) is 5.17. The second-order valence-corrected chi connectivity index (χ2v) is 6.77. The Balaban J connectivity index is 1.81. The van der Waals surface area contributed by atoms with Crippen molar-refractivity contribution in [2.45, 2.75) is 6.54 Å². The Morgan fingerprint density at radius 1 is 1.22 bits per heavy atom. The van der Waals surface area contributed by atoms with Gasteiger partial charge in [-0.2, -0.15) is 5.10 Å². The highest BCUT2D eigenvalue weighted by molar-refractivity contribution is 6.37. The van der Waals surface area contributed by atoms with Crippen LogP contribution in [0.25, 0.3) is 0 Å². The molecule has 2 heterocycles. The second kappa shape index (κ2) is 7.73. The van der Waals surface area contributed by atoms with Crippen LogP contribution in [-0.2, 0) is 6.54 Å². The molecule has 13 heteroatoms. The van der Waals surface area contributed by atoms with Crippen molar-refractivity contribution in [3.63, 3.8) is 0 Å². The molecule has 27 heavy (non-hydrogen) atoms. The fraction of sp³-hybridized carbons (Fsp3) is 0.0714. The Morgan fingerprint density at radius 2 is 1.89 bits per heavy atom. The van der Waals surface area contributed by atoms with Crippen molar-refractivity contribution in [2.75, 3.05) is 5.32 Å². The third-order valence-electron chi connectivity index (χ3n) is 3.42. The van der Waals surface area contributed by atoms with E-state index in [4.69, 9.17) is 46.4 Å². The fourth-order valence-corrected chi connectivity index (χ4v) is 3.12. The minimum absolute atomic E-state index is 0.0200. The Kier molecular flexibility index (Phi) is 5.56. The standard InChI is InChI=1S/C14H8Cl4N6O3/c15-7-2-1-3-8(16)6(7)4-23-5-9(17)12(22-23)19-14(25)11-10(18)13(21-20-11)24(26)27/h1-3,5H,4H2,(H,20,21)(H,19,22,25). The predicted octanol–water partition coefficient (Wildman–Crippen LogP) is 4.43. The summed E-state index contributed by atoms with van der Waals surface area (Å²) in [5, 5.41) is 23.5. The van der Waals surface area contributed by atoms with Crippen molar-refractivity contribution >= 4 is 63.9 Å². The van der Waals surface area contributed by atoms with Gasteiger partial charge >= 0.3 is 5.82 Å². The van der Waals surface area contributed by atoms with E-state index < -0.39 is 21.7 Å². The smallest absolute Gasteiger partial charge is 0.358 e. The molecule has 2 aromatic heterocycles. The molecule has 0 unspecified atom stereocenters. The SMILES string of the molecule is O=C(Nc1nn(Cc2c(Cl)cccc2Cl)cc1Cl)c1n[nH]c([N+](=O)[O-])c1Cl. The number of hydrogen-bond donors (Lipinski definition) is 2. The first-order valence-corrected chi connectivity index (χ1v) is 8.64. The molecule has 0 aliphatic carbocycles. The highest BCUT2D eigenvalue weighted by Gasteiger charge is 2.26. The van der Waals surface area contributed by atoms with E-state index in [1.54, 1.807) is 18.2 Å². The van der Waals surface area contributed by atoms with Gasteiger partial charge in [-0.15, -0.1) is 5.10 Å². The van der Waals surface area contributed by atoms with Gasteiger partial charge in [0.05, 0.1) is 6.54 Å². The van der Waals surface area contributed by atoms with E-state index in [0.717, 1.165) is 0 Å². The first-order valence-electron chi connectivity index (χ1n) is 7.13. The topological polar surface area (TPSA) is 119 Å². The van der Waals surface area contributed by atoms with Crippen molar-refractivity contribution in [3.05, 3.63) is 65.9 Å². The number of aromatic amines is 1. The zero-order chi connectivity index (χ0) is 19.7. The largest absolute Gasteiger partial charge is 0.362 e. The molecule has 0 atom stereocenters. The average Bonchev–Trinajstić information content (AvgIpc) is 3.14. The number of nitrogens with zero attached hydrogens (tertiary/aromatic N) is 4. The van der Waals surface area contributed by atoms with Crippen molar-refractivity contribution in [2.24, 2.45) is 0 Å². The number of rotatable bonds is 5. The quantitative estimate of drug-likeness (QED) is 0.441. The van der Waals surface area contributed by atoms with E-state index in [1.807, 2.05) is 0 Å². The number of carbonyl (C=O) groups is 1. The maximum Gasteiger partial charge on any atom is 0.362 e. The van der Waals surface area contributed by atoms with Crippen LogP contribution in [0.1, 0.15) is 16.1 Å². The Hall–Kier alpha value is -2.33. The number of nitro groups is 1. The fourth-order valence-electron chi connectivity index (χ4n) is 2.17. The van der Waals surface area contributed by atoms with Gasteiger partial charge in [0.15, 0.2) is 16.5 Å². The van der Waals surface area contributed by atoms with Gasteiger partial charge in [-0.1, -0.05) is 57.6 Å². The van der Waals surface area contributed by atoms with Crippen LogP contribution in [0.3, 0.4) is 0 Å². The van der Waals surface area contributed by atoms with Gasteiger partial charge in [-0.05, 0) is 17.1 Å². The minimum atomic E-state index is -0.813. The van der Waals surface area contributed by atoms with Crippen molar-refractivity contribution in [1.82, 2.24) is 20.0 Å². The molecule has 3 aromatic rings. The van der Waals surface area contributed by atoms with Crippen molar-refractivity contribution in [3.8, 4) is 0 Å². The molecule has 0 radical (unpaired) electrons. The summed E-state index contributed by atoms with van der Waals surface area (Å²) in [4.78, 5) is 22.2. The Labute approximate surface area is 171 Å². The van der Waals surface area contributed by atoms with E-state index >= 15 is 0 Å². The van der Waals surface area contributed by atoms with Crippen LogP contribution in [0.15, 0.2) is 24.4 Å². The van der Waals surface area contributed by atoms with Gasteiger partial charge in [0.25, 0.3) is 5.91 Å². The highest BCUT2D eigenvalue weighted by atomic mass is 35.5. The maximum atomic E-state index is 12.2. The molecule has 0 fully saturated rings. The Morgan fingerprint density at radius 3 is 2.48 bits per heavy atom. The van der Waals surface area contributed by atoms with Gasteiger partial charge in [0.1, 0.15) is 5.02 Å². The van der Waals surface area contributed by atoms with Crippen molar-refractivity contribution in [1.29, 1.82) is 0 Å². The number of hydrogen-bond acceptors (Lipinski definition) is 5. The lowest BCUT2D eigenvalue weighted by Gasteiger charge is -2.06. The number of H-pyrrole nitrogens is 1. The van der Waals surface area contributed by atoms with E-state index in [1.165, 1.54) is 10.9 Å². The van der Waals surface area contributed by atoms with Gasteiger partial charge in [-0.3, -0.25) is 9.48 Å². The number of halogens is 4. The van der Waals surface area contributed by atoms with E-state index in [9.17, 15) is 14.9 Å². The summed E-state index contributed by atoms with van der Waals surface area (Å²) < 4.78 is 1.43. The molecule has 2 N–H and O–H groups in total. The number of benzene rings is 1. The molecular weight excluding hydrogens is 442 g/mol. The third kappa shape index (κ3) is 4.01. The summed E-state index contributed by atoms with van der Waals surface area (Å²) in [7, 11) is 0. The molecular formula is C14H8Cl4N6O3. The lowest BCUT2D eigenvalue weighted by molar-refractivity contribution is -0.389. The summed E-state index contributed by atoms with van der Waals surface area (Å²) >= 11 is 24.1. The van der Waals surface area contributed by atoms with Crippen LogP contribution in [0.4, 0.5) is 11.6 Å². The molecule has 9 nitrogen and oxygen atoms in total. The summed E-state index contributed by atoms with van der Waals surface area (Å²) in [5.74, 6) is -1.38. The molecule has 1 aromatic carbocycles. The van der Waals surface area contributed by atoms with E-state index in [-0.39, 0.29) is 23.1 Å². The molecule has 0 saturated heterocycles. The summed E-state index contributed by atoms with van der Waals surface area (Å²) in [5.41, 5.74) is 0.270.